The van der Waals surface area contributed by atoms with Crippen LogP contribution in [-0.4, -0.2) is 25.8 Å². The summed E-state index contributed by atoms with van der Waals surface area (Å²) < 4.78 is 5.77. The zero-order valence-electron chi connectivity index (χ0n) is 13.6. The summed E-state index contributed by atoms with van der Waals surface area (Å²) in [5, 5.41) is 37.7. The molecular formula is C18H18N5O+. The Kier molecular flexibility index (Phi) is 3.76. The number of nitrogens with zero attached hydrogens (tertiary/aromatic N) is 3. The Balaban J connectivity index is 2.26. The Labute approximate surface area is 140 Å². The summed E-state index contributed by atoms with van der Waals surface area (Å²) >= 11 is 0. The molecule has 0 bridgehead atoms. The minimum absolute atomic E-state index is 0.129. The van der Waals surface area contributed by atoms with Crippen molar-refractivity contribution in [2.75, 3.05) is 20.1 Å². The van der Waals surface area contributed by atoms with Gasteiger partial charge in [-0.3, -0.25) is 0 Å². The van der Waals surface area contributed by atoms with Crippen molar-refractivity contribution in [1.29, 1.82) is 21.2 Å². The van der Waals surface area contributed by atoms with Crippen LogP contribution in [0.5, 0.6) is 0 Å². The Morgan fingerprint density at radius 3 is 2.54 bits per heavy atom. The van der Waals surface area contributed by atoms with E-state index in [1.807, 2.05) is 20.0 Å². The maximum absolute atomic E-state index is 9.83. The van der Waals surface area contributed by atoms with E-state index in [2.05, 4.69) is 18.2 Å². The lowest BCUT2D eigenvalue weighted by molar-refractivity contribution is -0.879. The lowest BCUT2D eigenvalue weighted by Crippen LogP contribution is -3.10. The first-order valence-electron chi connectivity index (χ1n) is 7.87. The Hall–Kier alpha value is -2.88. The van der Waals surface area contributed by atoms with Crippen molar-refractivity contribution in [3.8, 4) is 18.2 Å². The SMILES string of the molecule is Cc1ccc([C@H]2[C@@H]3C[NH+](C)CC=C3[C@H](C#N)C(=N)C2(C#N)C#N)o1. The Morgan fingerprint density at radius 1 is 1.29 bits per heavy atom. The van der Waals surface area contributed by atoms with E-state index in [4.69, 9.17) is 9.83 Å². The average molecular weight is 320 g/mol. The second kappa shape index (κ2) is 5.64. The molecule has 1 saturated carbocycles. The lowest BCUT2D eigenvalue weighted by atomic mass is 9.55. The number of furan rings is 1. The molecule has 0 aromatic carbocycles. The van der Waals surface area contributed by atoms with Crippen LogP contribution in [0.25, 0.3) is 0 Å². The molecule has 1 aromatic heterocycles. The standard InChI is InChI=1S/C18H17N5O/c1-11-3-4-15(24-11)16-14-8-23(2)6-5-12(14)13(7-19)17(22)18(16,9-20)10-21/h3-5,13-14,16,22H,6,8H2,1-2H3/p+1/t13-,14+,16+/m0/s1. The second-order valence-corrected chi connectivity index (χ2v) is 6.61. The highest BCUT2D eigenvalue weighted by molar-refractivity contribution is 6.00. The molecule has 1 fully saturated rings. The molecule has 0 saturated heterocycles. The highest BCUT2D eigenvalue weighted by Crippen LogP contribution is 2.52. The maximum Gasteiger partial charge on any atom is 0.192 e. The van der Waals surface area contributed by atoms with Gasteiger partial charge in [0, 0.05) is 5.92 Å². The van der Waals surface area contributed by atoms with Gasteiger partial charge in [-0.2, -0.15) is 15.8 Å². The smallest absolute Gasteiger partial charge is 0.192 e. The van der Waals surface area contributed by atoms with Crippen molar-refractivity contribution in [1.82, 2.24) is 0 Å². The van der Waals surface area contributed by atoms with E-state index in [0.29, 0.717) is 18.1 Å². The monoisotopic (exact) mass is 320 g/mol. The van der Waals surface area contributed by atoms with Gasteiger partial charge in [-0.25, -0.2) is 0 Å². The van der Waals surface area contributed by atoms with Gasteiger partial charge in [0.2, 0.25) is 0 Å². The van der Waals surface area contributed by atoms with Gasteiger partial charge in [0.15, 0.2) is 5.41 Å². The number of quaternary nitrogens is 1. The summed E-state index contributed by atoms with van der Waals surface area (Å²) in [5.74, 6) is -0.301. The van der Waals surface area contributed by atoms with Crippen LogP contribution in [0.2, 0.25) is 0 Å². The van der Waals surface area contributed by atoms with Crippen LogP contribution in [-0.2, 0) is 0 Å². The highest BCUT2D eigenvalue weighted by Gasteiger charge is 2.59. The van der Waals surface area contributed by atoms with Crippen LogP contribution in [0.3, 0.4) is 0 Å². The van der Waals surface area contributed by atoms with E-state index in [1.165, 1.54) is 4.90 Å². The predicted molar refractivity (Wildman–Crippen MR) is 84.9 cm³/mol. The Bertz CT molecular complexity index is 830. The van der Waals surface area contributed by atoms with Gasteiger partial charge in [-0.1, -0.05) is 0 Å². The van der Waals surface area contributed by atoms with Gasteiger partial charge in [0.05, 0.1) is 50.0 Å². The fourth-order valence-electron chi connectivity index (χ4n) is 3.98. The number of fused-ring (bicyclic) bond motifs is 1. The van der Waals surface area contributed by atoms with E-state index in [1.54, 1.807) is 12.1 Å². The highest BCUT2D eigenvalue weighted by atomic mass is 16.3. The fourth-order valence-corrected chi connectivity index (χ4v) is 3.98. The van der Waals surface area contributed by atoms with Crippen molar-refractivity contribution in [3.05, 3.63) is 35.3 Å². The van der Waals surface area contributed by atoms with Gasteiger partial charge in [0.1, 0.15) is 17.4 Å². The van der Waals surface area contributed by atoms with Crippen LogP contribution in [0, 0.1) is 63.6 Å². The quantitative estimate of drug-likeness (QED) is 0.750. The van der Waals surface area contributed by atoms with Gasteiger partial charge in [-0.15, -0.1) is 0 Å². The molecule has 120 valence electrons. The third-order valence-corrected chi connectivity index (χ3v) is 5.15. The molecule has 0 amide bonds. The topological polar surface area (TPSA) is 113 Å². The van der Waals surface area contributed by atoms with Crippen LogP contribution in [0.1, 0.15) is 17.4 Å². The number of aryl methyl sites for hydroxylation is 1. The first-order valence-corrected chi connectivity index (χ1v) is 7.87. The second-order valence-electron chi connectivity index (χ2n) is 6.61. The van der Waals surface area contributed by atoms with Crippen LogP contribution in [0.4, 0.5) is 0 Å². The first-order chi connectivity index (χ1) is 11.5. The normalized spacial score (nSPS) is 31.1. The van der Waals surface area contributed by atoms with Crippen molar-refractivity contribution in [2.45, 2.75) is 12.8 Å². The fraction of sp³-hybridized carbons (Fsp3) is 0.444. The molecule has 0 spiro atoms. The van der Waals surface area contributed by atoms with Crippen LogP contribution >= 0.6 is 0 Å². The summed E-state index contributed by atoms with van der Waals surface area (Å²) in [6.45, 7) is 3.28. The van der Waals surface area contributed by atoms with Gasteiger partial charge < -0.3 is 14.7 Å². The number of hydrogen-bond acceptors (Lipinski definition) is 5. The number of hydrogen-bond donors (Lipinski definition) is 2. The largest absolute Gasteiger partial charge is 0.466 e. The van der Waals surface area contributed by atoms with Crippen molar-refractivity contribution < 1.29 is 9.32 Å². The molecule has 3 rings (SSSR count). The molecule has 6 nitrogen and oxygen atoms in total. The molecule has 1 aromatic rings. The molecule has 1 aliphatic heterocycles. The summed E-state index contributed by atoms with van der Waals surface area (Å²) in [4.78, 5) is 1.24. The number of nitrogens with one attached hydrogen (secondary N) is 2. The molecule has 24 heavy (non-hydrogen) atoms. The van der Waals surface area contributed by atoms with E-state index in [9.17, 15) is 15.8 Å². The molecule has 1 unspecified atom stereocenters. The lowest BCUT2D eigenvalue weighted by Gasteiger charge is -2.44. The molecule has 6 heteroatoms. The van der Waals surface area contributed by atoms with Crippen molar-refractivity contribution in [2.24, 2.45) is 17.3 Å². The third-order valence-electron chi connectivity index (χ3n) is 5.15. The zero-order chi connectivity index (χ0) is 17.5. The minimum atomic E-state index is -1.68. The average Bonchev–Trinajstić information content (AvgIpc) is 3.00. The number of likely N-dealkylation sites (N-methyl/N-ethyl adjacent to an activating group) is 1. The molecular weight excluding hydrogens is 302 g/mol. The summed E-state index contributed by atoms with van der Waals surface area (Å²) in [7, 11) is 2.04. The third kappa shape index (κ3) is 2.07. The van der Waals surface area contributed by atoms with Crippen LogP contribution in [0.15, 0.2) is 28.2 Å². The molecule has 2 N–H and O–H groups in total. The summed E-state index contributed by atoms with van der Waals surface area (Å²) in [6, 6.07) is 9.83. The van der Waals surface area contributed by atoms with E-state index >= 15 is 0 Å². The maximum atomic E-state index is 9.83. The van der Waals surface area contributed by atoms with E-state index < -0.39 is 17.3 Å². The minimum Gasteiger partial charge on any atom is -0.466 e. The molecule has 2 heterocycles. The molecule has 4 atom stereocenters. The predicted octanol–water partition coefficient (Wildman–Crippen LogP) is 0.949. The molecule has 1 aliphatic carbocycles. The van der Waals surface area contributed by atoms with E-state index in [0.717, 1.165) is 12.1 Å². The number of nitriles is 3. The van der Waals surface area contributed by atoms with Crippen molar-refractivity contribution >= 4 is 5.71 Å². The van der Waals surface area contributed by atoms with Crippen molar-refractivity contribution in [3.63, 3.8) is 0 Å². The zero-order valence-corrected chi connectivity index (χ0v) is 13.6. The Morgan fingerprint density at radius 2 is 2.00 bits per heavy atom. The van der Waals surface area contributed by atoms with Crippen LogP contribution < -0.4 is 4.90 Å². The summed E-state index contributed by atoms with van der Waals surface area (Å²) in [5.41, 5.74) is -0.950. The number of rotatable bonds is 1. The van der Waals surface area contributed by atoms with E-state index in [-0.39, 0.29) is 11.6 Å². The molecule has 2 aliphatic rings. The van der Waals surface area contributed by atoms with Gasteiger partial charge >= 0.3 is 0 Å². The van der Waals surface area contributed by atoms with Gasteiger partial charge in [-0.05, 0) is 30.7 Å². The van der Waals surface area contributed by atoms with Gasteiger partial charge in [0.25, 0.3) is 0 Å². The first kappa shape index (κ1) is 16.0. The summed E-state index contributed by atoms with van der Waals surface area (Å²) in [6.07, 6.45) is 1.99. The molecule has 0 radical (unpaired) electrons.